The lowest BCUT2D eigenvalue weighted by molar-refractivity contribution is -0.384. The third kappa shape index (κ3) is 3.45. The van der Waals surface area contributed by atoms with Crippen LogP contribution in [-0.2, 0) is 0 Å². The van der Waals surface area contributed by atoms with Gasteiger partial charge in [-0.25, -0.2) is 0 Å². The molecule has 1 unspecified atom stereocenters. The molecule has 0 saturated carbocycles. The largest absolute Gasteiger partial charge is 0.367 e. The Hall–Kier alpha value is -4.33. The van der Waals surface area contributed by atoms with Gasteiger partial charge in [-0.2, -0.15) is 0 Å². The molecular weight excluding hydrogens is 420 g/mol. The second-order valence-electron chi connectivity index (χ2n) is 8.05. The van der Waals surface area contributed by atoms with Crippen molar-refractivity contribution in [3.63, 3.8) is 0 Å². The van der Waals surface area contributed by atoms with Crippen LogP contribution in [0.25, 0.3) is 0 Å². The quantitative estimate of drug-likeness (QED) is 0.351. The molecule has 8 nitrogen and oxygen atoms in total. The number of nitro benzene ring substituents is 1. The Bertz CT molecular complexity index is 1280. The van der Waals surface area contributed by atoms with E-state index in [1.807, 2.05) is 42.3 Å². The number of benzodiazepines with no additional fused rings is 1. The Balaban J connectivity index is 1.54. The molecule has 8 heteroatoms. The summed E-state index contributed by atoms with van der Waals surface area (Å²) in [4.78, 5) is 44.8. The van der Waals surface area contributed by atoms with E-state index in [9.17, 15) is 19.7 Å². The van der Waals surface area contributed by atoms with Crippen molar-refractivity contribution in [1.29, 1.82) is 0 Å². The predicted octanol–water partition coefficient (Wildman–Crippen LogP) is 3.55. The maximum Gasteiger partial charge on any atom is 0.270 e. The molecule has 1 atom stereocenters. The number of imide groups is 1. The topological polar surface area (TPSA) is 96.1 Å². The molecule has 164 valence electrons. The van der Waals surface area contributed by atoms with Gasteiger partial charge < -0.3 is 4.90 Å². The van der Waals surface area contributed by atoms with Crippen LogP contribution in [0.2, 0.25) is 0 Å². The van der Waals surface area contributed by atoms with E-state index in [2.05, 4.69) is 0 Å². The van der Waals surface area contributed by atoms with Crippen molar-refractivity contribution in [2.75, 3.05) is 25.0 Å². The van der Waals surface area contributed by atoms with E-state index < -0.39 is 4.92 Å². The van der Waals surface area contributed by atoms with Crippen molar-refractivity contribution >= 4 is 28.9 Å². The van der Waals surface area contributed by atoms with Crippen LogP contribution >= 0.6 is 0 Å². The summed E-state index contributed by atoms with van der Waals surface area (Å²) in [7, 11) is 1.86. The number of nitrogens with zero attached hydrogens (tertiary/aromatic N) is 4. The maximum atomic E-state index is 12.9. The number of carbonyl (C=O) groups is 2. The number of hydrogen-bond acceptors (Lipinski definition) is 6. The number of hydrogen-bond donors (Lipinski definition) is 0. The van der Waals surface area contributed by atoms with Crippen molar-refractivity contribution in [1.82, 2.24) is 4.90 Å². The Morgan fingerprint density at radius 3 is 2.21 bits per heavy atom. The minimum absolute atomic E-state index is 0.0235. The second-order valence-corrected chi connectivity index (χ2v) is 8.05. The number of nitro groups is 1. The van der Waals surface area contributed by atoms with Crippen LogP contribution in [0.3, 0.4) is 0 Å². The van der Waals surface area contributed by atoms with Crippen molar-refractivity contribution in [3.05, 3.63) is 105 Å². The molecule has 3 aromatic carbocycles. The molecule has 3 aromatic rings. The van der Waals surface area contributed by atoms with E-state index >= 15 is 0 Å². The highest BCUT2D eigenvalue weighted by Crippen LogP contribution is 2.32. The van der Waals surface area contributed by atoms with E-state index in [0.29, 0.717) is 28.9 Å². The number of amides is 2. The summed E-state index contributed by atoms with van der Waals surface area (Å²) in [6.07, 6.45) is 0. The number of anilines is 1. The lowest BCUT2D eigenvalue weighted by atomic mass is 9.99. The average Bonchev–Trinajstić information content (AvgIpc) is 2.99. The summed E-state index contributed by atoms with van der Waals surface area (Å²) in [5.74, 6) is -0.631. The molecule has 2 aliphatic rings. The first-order chi connectivity index (χ1) is 16.0. The monoisotopic (exact) mass is 440 g/mol. The zero-order chi connectivity index (χ0) is 23.1. The number of fused-ring (bicyclic) bond motifs is 2. The fraction of sp³-hybridized carbons (Fsp3) is 0.160. The highest BCUT2D eigenvalue weighted by atomic mass is 16.6. The fourth-order valence-electron chi connectivity index (χ4n) is 4.37. The number of benzene rings is 3. The highest BCUT2D eigenvalue weighted by molar-refractivity contribution is 6.21. The van der Waals surface area contributed by atoms with E-state index in [0.717, 1.165) is 11.3 Å². The van der Waals surface area contributed by atoms with Crippen molar-refractivity contribution in [3.8, 4) is 0 Å². The zero-order valence-electron chi connectivity index (χ0n) is 17.8. The second kappa shape index (κ2) is 7.98. The molecule has 0 N–H and O–H groups in total. The molecule has 0 fully saturated rings. The Labute approximate surface area is 189 Å². The first-order valence-electron chi connectivity index (χ1n) is 10.5. The van der Waals surface area contributed by atoms with E-state index in [1.54, 1.807) is 30.3 Å². The van der Waals surface area contributed by atoms with Crippen LogP contribution in [-0.4, -0.2) is 53.5 Å². The standard InChI is InChI=1S/C25H20N4O4/c1-27-18(15-28-24(30)19-9-5-6-10-20(19)25(28)31)14-26-23(16-7-3-2-4-8-16)21-13-17(29(32)33)11-12-22(21)27/h2-13,18H,14-15H2,1H3. The number of rotatable bonds is 4. The molecule has 2 amide bonds. The lowest BCUT2D eigenvalue weighted by Crippen LogP contribution is -2.46. The van der Waals surface area contributed by atoms with Crippen LogP contribution in [0, 0.1) is 10.1 Å². The van der Waals surface area contributed by atoms with Crippen LogP contribution < -0.4 is 4.90 Å². The molecule has 0 aliphatic carbocycles. The minimum atomic E-state index is -0.427. The van der Waals surface area contributed by atoms with E-state index in [1.165, 1.54) is 17.0 Å². The van der Waals surface area contributed by atoms with Gasteiger partial charge in [-0.1, -0.05) is 42.5 Å². The molecule has 0 spiro atoms. The average molecular weight is 440 g/mol. The number of carbonyl (C=O) groups excluding carboxylic acids is 2. The number of non-ortho nitro benzene ring substituents is 1. The van der Waals surface area contributed by atoms with Crippen molar-refractivity contribution in [2.24, 2.45) is 4.99 Å². The number of aliphatic imine (C=N–C) groups is 1. The van der Waals surface area contributed by atoms with Gasteiger partial charge in [0.15, 0.2) is 0 Å². The van der Waals surface area contributed by atoms with Gasteiger partial charge in [0.2, 0.25) is 0 Å². The summed E-state index contributed by atoms with van der Waals surface area (Å²) < 4.78 is 0. The van der Waals surface area contributed by atoms with Gasteiger partial charge >= 0.3 is 0 Å². The highest BCUT2D eigenvalue weighted by Gasteiger charge is 2.38. The summed E-state index contributed by atoms with van der Waals surface area (Å²) in [5.41, 5.74) is 3.67. The smallest absolute Gasteiger partial charge is 0.270 e. The van der Waals surface area contributed by atoms with Crippen molar-refractivity contribution in [2.45, 2.75) is 6.04 Å². The van der Waals surface area contributed by atoms with Gasteiger partial charge in [-0.15, -0.1) is 0 Å². The summed E-state index contributed by atoms with van der Waals surface area (Å²) in [6, 6.07) is 20.7. The molecule has 2 heterocycles. The Morgan fingerprint density at radius 1 is 0.939 bits per heavy atom. The maximum absolute atomic E-state index is 12.9. The van der Waals surface area contributed by atoms with Gasteiger partial charge in [0, 0.05) is 36.0 Å². The third-order valence-corrected chi connectivity index (χ3v) is 6.15. The number of likely N-dealkylation sites (N-methyl/N-ethyl adjacent to an activating group) is 1. The van der Waals surface area contributed by atoms with Gasteiger partial charge in [0.05, 0.1) is 40.9 Å². The normalized spacial score (nSPS) is 17.4. The Kier molecular flexibility index (Phi) is 4.97. The van der Waals surface area contributed by atoms with Gasteiger partial charge in [-0.3, -0.25) is 29.6 Å². The first kappa shape index (κ1) is 20.6. The van der Waals surface area contributed by atoms with Crippen LogP contribution in [0.5, 0.6) is 0 Å². The van der Waals surface area contributed by atoms with Crippen molar-refractivity contribution < 1.29 is 14.5 Å². The first-order valence-corrected chi connectivity index (χ1v) is 10.5. The SMILES string of the molecule is CN1c2ccc([N+](=O)[O-])cc2C(c2ccccc2)=NCC1CN1C(=O)c2ccccc2C1=O. The van der Waals surface area contributed by atoms with Crippen LogP contribution in [0.1, 0.15) is 31.8 Å². The molecule has 0 aromatic heterocycles. The lowest BCUT2D eigenvalue weighted by Gasteiger charge is -2.31. The summed E-state index contributed by atoms with van der Waals surface area (Å²) in [6.45, 7) is 0.474. The van der Waals surface area contributed by atoms with Crippen LogP contribution in [0.15, 0.2) is 77.8 Å². The molecule has 2 aliphatic heterocycles. The molecule has 33 heavy (non-hydrogen) atoms. The molecule has 0 radical (unpaired) electrons. The minimum Gasteiger partial charge on any atom is -0.367 e. The third-order valence-electron chi connectivity index (χ3n) is 6.15. The predicted molar refractivity (Wildman–Crippen MR) is 124 cm³/mol. The van der Waals surface area contributed by atoms with E-state index in [-0.39, 0.29) is 30.1 Å². The van der Waals surface area contributed by atoms with Gasteiger partial charge in [0.25, 0.3) is 17.5 Å². The van der Waals surface area contributed by atoms with E-state index in [4.69, 9.17) is 4.99 Å². The zero-order valence-corrected chi connectivity index (χ0v) is 17.8. The molecule has 0 saturated heterocycles. The van der Waals surface area contributed by atoms with Crippen LogP contribution in [0.4, 0.5) is 11.4 Å². The fourth-order valence-corrected chi connectivity index (χ4v) is 4.37. The summed E-state index contributed by atoms with van der Waals surface area (Å²) in [5, 5.41) is 11.4. The molecule has 5 rings (SSSR count). The summed E-state index contributed by atoms with van der Waals surface area (Å²) >= 11 is 0. The Morgan fingerprint density at radius 2 is 1.58 bits per heavy atom. The van der Waals surface area contributed by atoms with Gasteiger partial charge in [-0.05, 0) is 18.2 Å². The van der Waals surface area contributed by atoms with Gasteiger partial charge in [0.1, 0.15) is 0 Å². The molecular formula is C25H20N4O4. The molecule has 0 bridgehead atoms.